The van der Waals surface area contributed by atoms with Gasteiger partial charge >= 0.3 is 5.97 Å². The van der Waals surface area contributed by atoms with Crippen molar-refractivity contribution in [3.8, 4) is 11.4 Å². The third-order valence-corrected chi connectivity index (χ3v) is 5.35. The maximum Gasteiger partial charge on any atom is 0.340 e. The fourth-order valence-corrected chi connectivity index (χ4v) is 3.96. The summed E-state index contributed by atoms with van der Waals surface area (Å²) >= 11 is 0. The average molecular weight is 390 g/mol. The number of nitrogens with zero attached hydrogens (tertiary/aromatic N) is 3. The number of ether oxygens (including phenoxy) is 1. The molecule has 0 fully saturated rings. The monoisotopic (exact) mass is 390 g/mol. The third-order valence-electron chi connectivity index (χ3n) is 5.35. The molecule has 1 atom stereocenters. The summed E-state index contributed by atoms with van der Waals surface area (Å²) in [6.45, 7) is 2.86. The van der Waals surface area contributed by atoms with Crippen LogP contribution >= 0.6 is 0 Å². The van der Waals surface area contributed by atoms with Crippen molar-refractivity contribution in [3.63, 3.8) is 0 Å². The van der Waals surface area contributed by atoms with Crippen LogP contribution in [0.25, 0.3) is 22.3 Å². The number of aliphatic hydroxyl groups is 1. The number of aromatic nitrogens is 2. The van der Waals surface area contributed by atoms with Crippen molar-refractivity contribution in [2.45, 2.75) is 26.2 Å². The van der Waals surface area contributed by atoms with E-state index in [2.05, 4.69) is 10.5 Å². The first-order valence-corrected chi connectivity index (χ1v) is 9.39. The number of nitrogens with one attached hydrogen (secondary N) is 1. The highest BCUT2D eigenvalue weighted by atomic mass is 16.5. The minimum atomic E-state index is -1.46. The van der Waals surface area contributed by atoms with E-state index in [1.165, 1.54) is 0 Å². The van der Waals surface area contributed by atoms with Gasteiger partial charge in [0.15, 0.2) is 6.10 Å². The van der Waals surface area contributed by atoms with E-state index in [1.807, 2.05) is 31.2 Å². The molecule has 0 saturated heterocycles. The number of para-hydroxylation sites is 1. The first kappa shape index (κ1) is 17.6. The zero-order chi connectivity index (χ0) is 20.1. The van der Waals surface area contributed by atoms with Crippen LogP contribution in [0.15, 0.2) is 40.2 Å². The molecule has 2 aliphatic rings. The SMILES string of the molecule is CCN/N=C/c1c2c(nc3ccccc13)-c1cc3c(c(=O)n1C2)COC(=O)[C@H]3O. The molecule has 3 aromatic rings. The van der Waals surface area contributed by atoms with Crippen molar-refractivity contribution in [2.24, 2.45) is 5.10 Å². The Balaban J connectivity index is 1.78. The van der Waals surface area contributed by atoms with Gasteiger partial charge in [0.1, 0.15) is 6.61 Å². The lowest BCUT2D eigenvalue weighted by molar-refractivity contribution is -0.157. The van der Waals surface area contributed by atoms with Gasteiger partial charge in [-0.2, -0.15) is 5.10 Å². The van der Waals surface area contributed by atoms with E-state index >= 15 is 0 Å². The topological polar surface area (TPSA) is 106 Å². The summed E-state index contributed by atoms with van der Waals surface area (Å²) in [4.78, 5) is 29.6. The van der Waals surface area contributed by atoms with Crippen LogP contribution in [0.1, 0.15) is 35.3 Å². The number of hydrogen-bond donors (Lipinski definition) is 2. The number of esters is 1. The quantitative estimate of drug-likeness (QED) is 0.312. The molecule has 8 nitrogen and oxygen atoms in total. The summed E-state index contributed by atoms with van der Waals surface area (Å²) in [7, 11) is 0. The fourth-order valence-electron chi connectivity index (χ4n) is 3.96. The molecule has 2 aromatic heterocycles. The van der Waals surface area contributed by atoms with E-state index < -0.39 is 12.1 Å². The number of hydrazone groups is 1. The molecule has 5 rings (SSSR count). The molecule has 0 radical (unpaired) electrons. The number of hydrogen-bond acceptors (Lipinski definition) is 7. The molecule has 0 spiro atoms. The van der Waals surface area contributed by atoms with Crippen molar-refractivity contribution >= 4 is 23.1 Å². The van der Waals surface area contributed by atoms with Crippen LogP contribution in [-0.2, 0) is 22.7 Å². The lowest BCUT2D eigenvalue weighted by Crippen LogP contribution is -2.32. The van der Waals surface area contributed by atoms with Crippen molar-refractivity contribution in [2.75, 3.05) is 6.54 Å². The molecule has 0 unspecified atom stereocenters. The molecule has 0 aliphatic carbocycles. The zero-order valence-electron chi connectivity index (χ0n) is 15.7. The highest BCUT2D eigenvalue weighted by molar-refractivity contribution is 6.02. The Morgan fingerprint density at radius 1 is 1.34 bits per heavy atom. The summed E-state index contributed by atoms with van der Waals surface area (Å²) in [5, 5.41) is 15.4. The zero-order valence-corrected chi connectivity index (χ0v) is 15.7. The van der Waals surface area contributed by atoms with Gasteiger partial charge in [0, 0.05) is 28.6 Å². The van der Waals surface area contributed by atoms with Crippen molar-refractivity contribution in [1.29, 1.82) is 0 Å². The van der Waals surface area contributed by atoms with Crippen molar-refractivity contribution in [1.82, 2.24) is 15.0 Å². The van der Waals surface area contributed by atoms with Crippen molar-refractivity contribution < 1.29 is 14.6 Å². The van der Waals surface area contributed by atoms with Gasteiger partial charge in [0.05, 0.1) is 35.2 Å². The van der Waals surface area contributed by atoms with Crippen LogP contribution in [0.4, 0.5) is 0 Å². The molecule has 8 heteroatoms. The van der Waals surface area contributed by atoms with Gasteiger partial charge in [0.25, 0.3) is 5.56 Å². The van der Waals surface area contributed by atoms with Gasteiger partial charge in [-0.3, -0.25) is 4.79 Å². The Bertz CT molecular complexity index is 1260. The molecule has 4 heterocycles. The standard InChI is InChI=1S/C21H18N4O4/c1-2-22-23-8-13-11-5-3-4-6-16(11)24-18-14(13)9-25-17(18)7-12-15(20(25)27)10-29-21(28)19(12)26/h3-8,19,22,26H,2,9-10H2,1H3/b23-8+/t19-/m0/s1. The van der Waals surface area contributed by atoms with Gasteiger partial charge in [-0.25, -0.2) is 9.78 Å². The third kappa shape index (κ3) is 2.56. The van der Waals surface area contributed by atoms with E-state index in [0.717, 1.165) is 22.0 Å². The van der Waals surface area contributed by atoms with Crippen LogP contribution in [0.5, 0.6) is 0 Å². The molecule has 0 amide bonds. The molecular formula is C21H18N4O4. The van der Waals surface area contributed by atoms with Crippen LogP contribution in [-0.4, -0.2) is 33.4 Å². The highest BCUT2D eigenvalue weighted by Gasteiger charge is 2.34. The summed E-state index contributed by atoms with van der Waals surface area (Å²) in [6.07, 6.45) is 0.293. The molecule has 29 heavy (non-hydrogen) atoms. The minimum absolute atomic E-state index is 0.134. The number of rotatable bonds is 3. The van der Waals surface area contributed by atoms with Gasteiger partial charge in [-0.05, 0) is 19.1 Å². The molecule has 146 valence electrons. The summed E-state index contributed by atoms with van der Waals surface area (Å²) < 4.78 is 6.56. The first-order chi connectivity index (χ1) is 14.1. The smallest absolute Gasteiger partial charge is 0.340 e. The largest absolute Gasteiger partial charge is 0.458 e. The maximum absolute atomic E-state index is 13.1. The Hall–Kier alpha value is -3.52. The Morgan fingerprint density at radius 2 is 2.17 bits per heavy atom. The number of pyridine rings is 2. The summed E-state index contributed by atoms with van der Waals surface area (Å²) in [6, 6.07) is 9.41. The molecule has 0 bridgehead atoms. The van der Waals surface area contributed by atoms with Gasteiger partial charge in [-0.1, -0.05) is 18.2 Å². The van der Waals surface area contributed by atoms with E-state index in [1.54, 1.807) is 16.8 Å². The molecule has 1 aromatic carbocycles. The van der Waals surface area contributed by atoms with Gasteiger partial charge in [0.2, 0.25) is 0 Å². The van der Waals surface area contributed by atoms with Crippen molar-refractivity contribution in [3.05, 3.63) is 62.9 Å². The summed E-state index contributed by atoms with van der Waals surface area (Å²) in [5.41, 5.74) is 7.05. The maximum atomic E-state index is 13.1. The van der Waals surface area contributed by atoms with E-state index in [4.69, 9.17) is 9.72 Å². The minimum Gasteiger partial charge on any atom is -0.458 e. The molecule has 2 aliphatic heterocycles. The number of carbonyl (C=O) groups is 1. The number of carbonyl (C=O) groups excluding carboxylic acids is 1. The van der Waals surface area contributed by atoms with E-state index in [0.29, 0.717) is 35.6 Å². The van der Waals surface area contributed by atoms with Gasteiger partial charge in [-0.15, -0.1) is 0 Å². The number of benzene rings is 1. The van der Waals surface area contributed by atoms with E-state index in [9.17, 15) is 14.7 Å². The molecule has 0 saturated carbocycles. The summed E-state index contributed by atoms with van der Waals surface area (Å²) in [5.74, 6) is -0.745. The predicted molar refractivity (Wildman–Crippen MR) is 107 cm³/mol. The number of cyclic esters (lactones) is 1. The second-order valence-electron chi connectivity index (χ2n) is 7.00. The van der Waals surface area contributed by atoms with Crippen LogP contribution in [0.2, 0.25) is 0 Å². The lowest BCUT2D eigenvalue weighted by Gasteiger charge is -2.21. The first-order valence-electron chi connectivity index (χ1n) is 9.39. The normalized spacial score (nSPS) is 17.2. The average Bonchev–Trinajstić information content (AvgIpc) is 3.09. The second-order valence-corrected chi connectivity index (χ2v) is 7.00. The molecule has 2 N–H and O–H groups in total. The molecular weight excluding hydrogens is 372 g/mol. The van der Waals surface area contributed by atoms with E-state index in [-0.39, 0.29) is 12.2 Å². The second kappa shape index (κ2) is 6.52. The highest BCUT2D eigenvalue weighted by Crippen LogP contribution is 2.37. The van der Waals surface area contributed by atoms with Crippen LogP contribution < -0.4 is 11.0 Å². The fraction of sp³-hybridized carbons (Fsp3) is 0.238. The predicted octanol–water partition coefficient (Wildman–Crippen LogP) is 1.46. The Kier molecular flexibility index (Phi) is 3.95. The van der Waals surface area contributed by atoms with Crippen LogP contribution in [0, 0.1) is 0 Å². The number of aliphatic hydroxyl groups excluding tert-OH is 1. The lowest BCUT2D eigenvalue weighted by atomic mass is 9.99. The Morgan fingerprint density at radius 3 is 3.00 bits per heavy atom. The van der Waals surface area contributed by atoms with Gasteiger partial charge < -0.3 is 19.8 Å². The number of fused-ring (bicyclic) bond motifs is 5. The van der Waals surface area contributed by atoms with Crippen LogP contribution in [0.3, 0.4) is 0 Å². The Labute approximate surface area is 165 Å².